The van der Waals surface area contributed by atoms with Crippen molar-refractivity contribution >= 4 is 34.1 Å². The second kappa shape index (κ2) is 9.68. The molecule has 0 bridgehead atoms. The number of non-ortho nitro benzene ring substituents is 1. The van der Waals surface area contributed by atoms with E-state index in [9.17, 15) is 14.9 Å². The Balaban J connectivity index is 1.37. The standard InChI is InChI=1S/C26H22ClN3O5/c27-17-5-3-4-16(10-17)20(22-14-28-23-9-8-18(30(32)33)11-21(22)23)12-26(31)29-13-19-15-34-24-6-1-2-7-25(24)35-19/h1-11,14,19-20,28H,12-13,15H2,(H,29,31)/t19-,20+/m1/s1. The van der Waals surface area contributed by atoms with E-state index in [0.717, 1.165) is 16.6 Å². The lowest BCUT2D eigenvalue weighted by molar-refractivity contribution is -0.384. The van der Waals surface area contributed by atoms with Gasteiger partial charge in [-0.15, -0.1) is 0 Å². The number of hydrogen-bond donors (Lipinski definition) is 2. The van der Waals surface area contributed by atoms with Crippen LogP contribution in [-0.4, -0.2) is 35.1 Å². The van der Waals surface area contributed by atoms with Crippen molar-refractivity contribution in [1.29, 1.82) is 0 Å². The molecule has 1 aliphatic rings. The van der Waals surface area contributed by atoms with Crippen LogP contribution in [0.5, 0.6) is 11.5 Å². The zero-order valence-electron chi connectivity index (χ0n) is 18.6. The molecule has 4 aromatic rings. The second-order valence-corrected chi connectivity index (χ2v) is 8.78. The summed E-state index contributed by atoms with van der Waals surface area (Å²) in [6.07, 6.45) is 1.61. The Hall–Kier alpha value is -4.04. The van der Waals surface area contributed by atoms with Gasteiger partial charge in [0, 0.05) is 46.6 Å². The van der Waals surface area contributed by atoms with E-state index in [1.807, 2.05) is 42.5 Å². The van der Waals surface area contributed by atoms with Gasteiger partial charge in [-0.25, -0.2) is 0 Å². The van der Waals surface area contributed by atoms with Gasteiger partial charge < -0.3 is 19.8 Å². The van der Waals surface area contributed by atoms with Crippen molar-refractivity contribution in [1.82, 2.24) is 10.3 Å². The minimum Gasteiger partial charge on any atom is -0.486 e. The maximum Gasteiger partial charge on any atom is 0.270 e. The van der Waals surface area contributed by atoms with Crippen molar-refractivity contribution < 1.29 is 19.2 Å². The predicted octanol–water partition coefficient (Wildman–Crippen LogP) is 5.21. The summed E-state index contributed by atoms with van der Waals surface area (Å²) in [5.41, 5.74) is 2.37. The van der Waals surface area contributed by atoms with Gasteiger partial charge in [0.25, 0.3) is 5.69 Å². The van der Waals surface area contributed by atoms with Gasteiger partial charge in [-0.1, -0.05) is 35.9 Å². The molecule has 178 valence electrons. The number of halogens is 1. The molecule has 0 radical (unpaired) electrons. The lowest BCUT2D eigenvalue weighted by Gasteiger charge is -2.26. The van der Waals surface area contributed by atoms with Crippen LogP contribution >= 0.6 is 11.6 Å². The molecule has 0 aliphatic carbocycles. The average Bonchev–Trinajstić information content (AvgIpc) is 3.29. The molecule has 1 amide bonds. The third kappa shape index (κ3) is 4.93. The summed E-state index contributed by atoms with van der Waals surface area (Å²) in [5.74, 6) is 0.783. The highest BCUT2D eigenvalue weighted by Crippen LogP contribution is 2.36. The number of para-hydroxylation sites is 2. The number of carbonyl (C=O) groups excluding carboxylic acids is 1. The largest absolute Gasteiger partial charge is 0.486 e. The summed E-state index contributed by atoms with van der Waals surface area (Å²) in [6, 6.07) is 19.4. The molecule has 1 aromatic heterocycles. The van der Waals surface area contributed by atoms with Gasteiger partial charge in [0.2, 0.25) is 5.91 Å². The fourth-order valence-corrected chi connectivity index (χ4v) is 4.51. The fraction of sp³-hybridized carbons (Fsp3) is 0.192. The number of aromatic nitrogens is 1. The number of nitro groups is 1. The summed E-state index contributed by atoms with van der Waals surface area (Å²) < 4.78 is 11.6. The van der Waals surface area contributed by atoms with Crippen LogP contribution in [0.1, 0.15) is 23.5 Å². The summed E-state index contributed by atoms with van der Waals surface area (Å²) in [5, 5.41) is 15.5. The van der Waals surface area contributed by atoms with Crippen LogP contribution in [0, 0.1) is 10.1 Å². The maximum absolute atomic E-state index is 13.0. The molecule has 5 rings (SSSR count). The van der Waals surface area contributed by atoms with Crippen LogP contribution in [0.4, 0.5) is 5.69 Å². The number of fused-ring (bicyclic) bond motifs is 2. The van der Waals surface area contributed by atoms with Crippen LogP contribution in [0.15, 0.2) is 72.9 Å². The number of nitro benzene ring substituents is 1. The number of nitrogens with zero attached hydrogens (tertiary/aromatic N) is 1. The van der Waals surface area contributed by atoms with Crippen molar-refractivity contribution in [2.45, 2.75) is 18.4 Å². The number of aromatic amines is 1. The van der Waals surface area contributed by atoms with E-state index in [4.69, 9.17) is 21.1 Å². The molecule has 2 N–H and O–H groups in total. The normalized spacial score (nSPS) is 15.5. The van der Waals surface area contributed by atoms with E-state index in [0.29, 0.717) is 28.5 Å². The molecule has 35 heavy (non-hydrogen) atoms. The molecule has 0 fully saturated rings. The topological polar surface area (TPSA) is 106 Å². The Morgan fingerprint density at radius 1 is 1.14 bits per heavy atom. The van der Waals surface area contributed by atoms with Gasteiger partial charge in [0.15, 0.2) is 11.5 Å². The predicted molar refractivity (Wildman–Crippen MR) is 132 cm³/mol. The second-order valence-electron chi connectivity index (χ2n) is 8.34. The molecule has 0 saturated heterocycles. The van der Waals surface area contributed by atoms with Crippen molar-refractivity contribution in [2.24, 2.45) is 0 Å². The highest BCUT2D eigenvalue weighted by Gasteiger charge is 2.25. The lowest BCUT2D eigenvalue weighted by atomic mass is 9.88. The summed E-state index contributed by atoms with van der Waals surface area (Å²) in [6.45, 7) is 0.621. The molecule has 9 heteroatoms. The van der Waals surface area contributed by atoms with Crippen molar-refractivity contribution in [3.05, 3.63) is 99.2 Å². The van der Waals surface area contributed by atoms with Gasteiger partial charge in [-0.05, 0) is 41.5 Å². The Morgan fingerprint density at radius 3 is 2.77 bits per heavy atom. The average molecular weight is 492 g/mol. The summed E-state index contributed by atoms with van der Waals surface area (Å²) in [7, 11) is 0. The molecule has 3 aromatic carbocycles. The molecule has 2 heterocycles. The van der Waals surface area contributed by atoms with E-state index < -0.39 is 4.92 Å². The van der Waals surface area contributed by atoms with Gasteiger partial charge in [0.05, 0.1) is 11.5 Å². The van der Waals surface area contributed by atoms with E-state index in [2.05, 4.69) is 10.3 Å². The Kier molecular flexibility index (Phi) is 6.29. The Labute approximate surface area is 206 Å². The van der Waals surface area contributed by atoms with Crippen LogP contribution in [0.3, 0.4) is 0 Å². The number of ether oxygens (including phenoxy) is 2. The highest BCUT2D eigenvalue weighted by atomic mass is 35.5. The number of rotatable bonds is 7. The first-order valence-corrected chi connectivity index (χ1v) is 11.5. The van der Waals surface area contributed by atoms with E-state index in [1.165, 1.54) is 12.1 Å². The fourth-order valence-electron chi connectivity index (χ4n) is 4.31. The number of benzene rings is 3. The van der Waals surface area contributed by atoms with Crippen LogP contribution in [0.25, 0.3) is 10.9 Å². The monoisotopic (exact) mass is 491 g/mol. The van der Waals surface area contributed by atoms with Gasteiger partial charge in [-0.2, -0.15) is 0 Å². The van der Waals surface area contributed by atoms with Gasteiger partial charge in [-0.3, -0.25) is 14.9 Å². The van der Waals surface area contributed by atoms with Gasteiger partial charge in [0.1, 0.15) is 12.7 Å². The number of hydrogen-bond acceptors (Lipinski definition) is 5. The molecule has 2 atom stereocenters. The molecular formula is C26H22ClN3O5. The number of carbonyl (C=O) groups is 1. The lowest BCUT2D eigenvalue weighted by Crippen LogP contribution is -2.41. The van der Waals surface area contributed by atoms with E-state index >= 15 is 0 Å². The SMILES string of the molecule is O=C(C[C@@H](c1cccc(Cl)c1)c1c[nH]c2ccc([N+](=O)[O-])cc12)NC[C@@H]1COc2ccccc2O1. The third-order valence-corrected chi connectivity index (χ3v) is 6.25. The highest BCUT2D eigenvalue weighted by molar-refractivity contribution is 6.30. The quantitative estimate of drug-likeness (QED) is 0.273. The first-order valence-electron chi connectivity index (χ1n) is 11.1. The van der Waals surface area contributed by atoms with Gasteiger partial charge >= 0.3 is 0 Å². The Bertz CT molecular complexity index is 1400. The zero-order chi connectivity index (χ0) is 24.4. The van der Waals surface area contributed by atoms with E-state index in [1.54, 1.807) is 18.3 Å². The summed E-state index contributed by atoms with van der Waals surface area (Å²) in [4.78, 5) is 27.1. The molecule has 0 spiro atoms. The first kappa shape index (κ1) is 22.7. The number of amides is 1. The summed E-state index contributed by atoms with van der Waals surface area (Å²) >= 11 is 6.25. The minimum absolute atomic E-state index is 0.0117. The maximum atomic E-state index is 13.0. The number of nitrogens with one attached hydrogen (secondary N) is 2. The minimum atomic E-state index is -0.429. The molecule has 1 aliphatic heterocycles. The molecular weight excluding hydrogens is 470 g/mol. The zero-order valence-corrected chi connectivity index (χ0v) is 19.3. The molecule has 0 saturated carbocycles. The third-order valence-electron chi connectivity index (χ3n) is 6.02. The first-order chi connectivity index (χ1) is 17.0. The smallest absolute Gasteiger partial charge is 0.270 e. The molecule has 8 nitrogen and oxygen atoms in total. The van der Waals surface area contributed by atoms with Crippen molar-refractivity contribution in [3.63, 3.8) is 0 Å². The van der Waals surface area contributed by atoms with Crippen molar-refractivity contribution in [2.75, 3.05) is 13.2 Å². The molecule has 0 unspecified atom stereocenters. The van der Waals surface area contributed by atoms with Crippen LogP contribution in [0.2, 0.25) is 5.02 Å². The van der Waals surface area contributed by atoms with Crippen molar-refractivity contribution in [3.8, 4) is 11.5 Å². The van der Waals surface area contributed by atoms with E-state index in [-0.39, 0.29) is 36.6 Å². The number of H-pyrrole nitrogens is 1. The van der Waals surface area contributed by atoms with Crippen LogP contribution < -0.4 is 14.8 Å². The van der Waals surface area contributed by atoms with Crippen LogP contribution in [-0.2, 0) is 4.79 Å². The Morgan fingerprint density at radius 2 is 1.97 bits per heavy atom.